The average Bonchev–Trinajstić information content (AvgIpc) is 2.65. The van der Waals surface area contributed by atoms with Crippen molar-refractivity contribution in [2.24, 2.45) is 0 Å². The number of pyridine rings is 1. The van der Waals surface area contributed by atoms with E-state index in [2.05, 4.69) is 4.98 Å². The molecule has 136 valence electrons. The summed E-state index contributed by atoms with van der Waals surface area (Å²) in [6, 6.07) is 13.0. The quantitative estimate of drug-likeness (QED) is 0.537. The predicted octanol–water partition coefficient (Wildman–Crippen LogP) is 5.84. The van der Waals surface area contributed by atoms with Crippen molar-refractivity contribution in [3.8, 4) is 0 Å². The van der Waals surface area contributed by atoms with Crippen molar-refractivity contribution in [2.75, 3.05) is 11.4 Å². The minimum absolute atomic E-state index is 0.0265. The fourth-order valence-corrected chi connectivity index (χ4v) is 3.82. The van der Waals surface area contributed by atoms with Gasteiger partial charge in [-0.25, -0.2) is 0 Å². The molecule has 0 aliphatic carbocycles. The second kappa shape index (κ2) is 7.51. The molecule has 27 heavy (non-hydrogen) atoms. The predicted molar refractivity (Wildman–Crippen MR) is 110 cm³/mol. The summed E-state index contributed by atoms with van der Waals surface area (Å²) in [5.74, 6) is -0.0265. The lowest BCUT2D eigenvalue weighted by Gasteiger charge is -2.28. The SMILES string of the molecule is O=C1c2ccc(Cl)cc2CCN1c1cncc(Cc2ccc(Cl)c(Cl)c2)c1. The zero-order valence-electron chi connectivity index (χ0n) is 14.3. The standard InChI is InChI=1S/C21H15Cl3N2O/c22-16-2-3-18-15(10-16)5-6-26(21(18)27)17-8-14(11-25-12-17)7-13-1-4-19(23)20(24)9-13/h1-4,8-12H,5-7H2. The maximum Gasteiger partial charge on any atom is 0.258 e. The molecule has 0 N–H and O–H groups in total. The normalized spacial score (nSPS) is 13.6. The van der Waals surface area contributed by atoms with Crippen molar-refractivity contribution < 1.29 is 4.79 Å². The summed E-state index contributed by atoms with van der Waals surface area (Å²) in [7, 11) is 0. The van der Waals surface area contributed by atoms with E-state index in [-0.39, 0.29) is 5.91 Å². The van der Waals surface area contributed by atoms with Gasteiger partial charge < -0.3 is 4.90 Å². The van der Waals surface area contributed by atoms with Gasteiger partial charge in [-0.05, 0) is 65.9 Å². The monoisotopic (exact) mass is 416 g/mol. The highest BCUT2D eigenvalue weighted by Crippen LogP contribution is 2.28. The molecule has 0 spiro atoms. The molecule has 0 saturated carbocycles. The molecular formula is C21H15Cl3N2O. The number of aromatic nitrogens is 1. The van der Waals surface area contributed by atoms with Gasteiger partial charge in [-0.1, -0.05) is 40.9 Å². The first kappa shape index (κ1) is 18.3. The van der Waals surface area contributed by atoms with Gasteiger partial charge >= 0.3 is 0 Å². The molecule has 3 aromatic rings. The molecule has 4 rings (SSSR count). The van der Waals surface area contributed by atoms with E-state index < -0.39 is 0 Å². The minimum atomic E-state index is -0.0265. The van der Waals surface area contributed by atoms with Gasteiger partial charge in [-0.15, -0.1) is 0 Å². The van der Waals surface area contributed by atoms with Gasteiger partial charge in [-0.2, -0.15) is 0 Å². The summed E-state index contributed by atoms with van der Waals surface area (Å²) in [5.41, 5.74) is 4.51. The Balaban J connectivity index is 1.60. The van der Waals surface area contributed by atoms with E-state index in [0.29, 0.717) is 33.6 Å². The van der Waals surface area contributed by atoms with Crippen LogP contribution in [0.15, 0.2) is 54.9 Å². The molecule has 2 heterocycles. The van der Waals surface area contributed by atoms with Crippen LogP contribution in [0.4, 0.5) is 5.69 Å². The Morgan fingerprint density at radius 3 is 2.59 bits per heavy atom. The number of rotatable bonds is 3. The average molecular weight is 418 g/mol. The molecule has 1 amide bonds. The molecule has 1 aromatic heterocycles. The number of nitrogens with zero attached hydrogens (tertiary/aromatic N) is 2. The lowest BCUT2D eigenvalue weighted by atomic mass is 9.98. The maximum absolute atomic E-state index is 12.9. The number of fused-ring (bicyclic) bond motifs is 1. The van der Waals surface area contributed by atoms with Crippen LogP contribution in [0, 0.1) is 0 Å². The van der Waals surface area contributed by atoms with Gasteiger partial charge in [0.25, 0.3) is 5.91 Å². The fraction of sp³-hybridized carbons (Fsp3) is 0.143. The van der Waals surface area contributed by atoms with E-state index in [1.54, 1.807) is 35.5 Å². The number of hydrogen-bond acceptors (Lipinski definition) is 2. The second-order valence-electron chi connectivity index (χ2n) is 6.48. The Kier molecular flexibility index (Phi) is 5.09. The summed E-state index contributed by atoms with van der Waals surface area (Å²) in [6.45, 7) is 0.601. The Morgan fingerprint density at radius 1 is 0.926 bits per heavy atom. The molecule has 0 bridgehead atoms. The highest BCUT2D eigenvalue weighted by atomic mass is 35.5. The molecule has 0 saturated heterocycles. The second-order valence-corrected chi connectivity index (χ2v) is 7.74. The molecule has 1 aliphatic rings. The molecule has 6 heteroatoms. The van der Waals surface area contributed by atoms with Crippen LogP contribution in [0.1, 0.15) is 27.0 Å². The van der Waals surface area contributed by atoms with Crippen molar-refractivity contribution in [3.63, 3.8) is 0 Å². The fourth-order valence-electron chi connectivity index (χ4n) is 3.31. The van der Waals surface area contributed by atoms with E-state index in [4.69, 9.17) is 34.8 Å². The number of amides is 1. The lowest BCUT2D eigenvalue weighted by Crippen LogP contribution is -2.37. The van der Waals surface area contributed by atoms with E-state index in [1.807, 2.05) is 24.3 Å². The highest BCUT2D eigenvalue weighted by molar-refractivity contribution is 6.42. The molecule has 0 radical (unpaired) electrons. The topological polar surface area (TPSA) is 33.2 Å². The molecular weight excluding hydrogens is 403 g/mol. The van der Waals surface area contributed by atoms with Crippen LogP contribution in [0.25, 0.3) is 0 Å². The largest absolute Gasteiger partial charge is 0.306 e. The van der Waals surface area contributed by atoms with E-state index in [1.165, 1.54) is 0 Å². The van der Waals surface area contributed by atoms with Gasteiger partial charge in [0.1, 0.15) is 0 Å². The van der Waals surface area contributed by atoms with Crippen molar-refractivity contribution in [2.45, 2.75) is 12.8 Å². The number of carbonyl (C=O) groups excluding carboxylic acids is 1. The third-order valence-electron chi connectivity index (χ3n) is 4.63. The van der Waals surface area contributed by atoms with Crippen LogP contribution in [-0.2, 0) is 12.8 Å². The first-order valence-electron chi connectivity index (χ1n) is 8.49. The Morgan fingerprint density at radius 2 is 1.78 bits per heavy atom. The van der Waals surface area contributed by atoms with Gasteiger partial charge in [0, 0.05) is 23.3 Å². The Labute approximate surface area is 172 Å². The van der Waals surface area contributed by atoms with Crippen LogP contribution in [0.2, 0.25) is 15.1 Å². The summed E-state index contributed by atoms with van der Waals surface area (Å²) in [4.78, 5) is 19.0. The van der Waals surface area contributed by atoms with Gasteiger partial charge in [0.2, 0.25) is 0 Å². The third kappa shape index (κ3) is 3.81. The van der Waals surface area contributed by atoms with Crippen LogP contribution in [0.5, 0.6) is 0 Å². The smallest absolute Gasteiger partial charge is 0.258 e. The molecule has 2 aromatic carbocycles. The number of hydrogen-bond donors (Lipinski definition) is 0. The molecule has 0 unspecified atom stereocenters. The van der Waals surface area contributed by atoms with Crippen LogP contribution < -0.4 is 4.90 Å². The molecule has 1 aliphatic heterocycles. The number of benzene rings is 2. The lowest BCUT2D eigenvalue weighted by molar-refractivity contribution is 0.0980. The third-order valence-corrected chi connectivity index (χ3v) is 5.61. The summed E-state index contributed by atoms with van der Waals surface area (Å²) in [5, 5.41) is 1.71. The summed E-state index contributed by atoms with van der Waals surface area (Å²) >= 11 is 18.1. The van der Waals surface area contributed by atoms with Crippen molar-refractivity contribution in [1.82, 2.24) is 4.98 Å². The molecule has 0 atom stereocenters. The zero-order valence-corrected chi connectivity index (χ0v) is 16.5. The molecule has 0 fully saturated rings. The molecule has 3 nitrogen and oxygen atoms in total. The minimum Gasteiger partial charge on any atom is -0.306 e. The number of halogens is 3. The maximum atomic E-state index is 12.9. The highest BCUT2D eigenvalue weighted by Gasteiger charge is 2.25. The first-order chi connectivity index (χ1) is 13.0. The van der Waals surface area contributed by atoms with Crippen LogP contribution in [0.3, 0.4) is 0 Å². The van der Waals surface area contributed by atoms with Gasteiger partial charge in [0.05, 0.1) is 21.9 Å². The van der Waals surface area contributed by atoms with E-state index >= 15 is 0 Å². The van der Waals surface area contributed by atoms with Crippen LogP contribution in [-0.4, -0.2) is 17.4 Å². The Hall–Kier alpha value is -2.07. The van der Waals surface area contributed by atoms with E-state index in [0.717, 1.165) is 28.8 Å². The number of carbonyl (C=O) groups is 1. The Bertz CT molecular complexity index is 1040. The van der Waals surface area contributed by atoms with Gasteiger partial charge in [0.15, 0.2) is 0 Å². The number of anilines is 1. The zero-order chi connectivity index (χ0) is 19.0. The van der Waals surface area contributed by atoms with Crippen molar-refractivity contribution in [1.29, 1.82) is 0 Å². The van der Waals surface area contributed by atoms with Crippen molar-refractivity contribution >= 4 is 46.4 Å². The van der Waals surface area contributed by atoms with Gasteiger partial charge in [-0.3, -0.25) is 9.78 Å². The van der Waals surface area contributed by atoms with E-state index in [9.17, 15) is 4.79 Å². The first-order valence-corrected chi connectivity index (χ1v) is 9.63. The summed E-state index contributed by atoms with van der Waals surface area (Å²) in [6.07, 6.45) is 4.94. The van der Waals surface area contributed by atoms with Crippen molar-refractivity contribution in [3.05, 3.63) is 92.2 Å². The van der Waals surface area contributed by atoms with Crippen LogP contribution >= 0.6 is 34.8 Å². The summed E-state index contributed by atoms with van der Waals surface area (Å²) < 4.78 is 0.